The van der Waals surface area contributed by atoms with Crippen molar-refractivity contribution in [1.29, 1.82) is 0 Å². The molecule has 0 saturated heterocycles. The largest absolute Gasteiger partial charge is 0.494 e. The molecule has 1 atom stereocenters. The number of carbonyl (C=O) groups excluding carboxylic acids is 2. The quantitative estimate of drug-likeness (QED) is 0.629. The molecule has 31 heavy (non-hydrogen) atoms. The lowest BCUT2D eigenvalue weighted by molar-refractivity contribution is -0.125. The number of anilines is 2. The Kier molecular flexibility index (Phi) is 6.03. The van der Waals surface area contributed by atoms with Crippen molar-refractivity contribution >= 4 is 23.2 Å². The van der Waals surface area contributed by atoms with E-state index < -0.39 is 6.10 Å². The molecule has 0 spiro atoms. The minimum Gasteiger partial charge on any atom is -0.494 e. The summed E-state index contributed by atoms with van der Waals surface area (Å²) in [6, 6.07) is 21.0. The van der Waals surface area contributed by atoms with Gasteiger partial charge in [-0.3, -0.25) is 9.59 Å². The number of benzene rings is 3. The second kappa shape index (κ2) is 9.21. The van der Waals surface area contributed by atoms with Gasteiger partial charge in [-0.25, -0.2) is 0 Å². The number of para-hydroxylation sites is 2. The summed E-state index contributed by atoms with van der Waals surface area (Å²) in [4.78, 5) is 25.0. The summed E-state index contributed by atoms with van der Waals surface area (Å²) in [6.45, 7) is 2.63. The van der Waals surface area contributed by atoms with Gasteiger partial charge < -0.3 is 24.8 Å². The fourth-order valence-corrected chi connectivity index (χ4v) is 3.08. The Labute approximate surface area is 179 Å². The lowest BCUT2D eigenvalue weighted by Crippen LogP contribution is -2.40. The predicted molar refractivity (Wildman–Crippen MR) is 117 cm³/mol. The van der Waals surface area contributed by atoms with Crippen LogP contribution in [0.25, 0.3) is 0 Å². The van der Waals surface area contributed by atoms with Gasteiger partial charge in [0.15, 0.2) is 11.5 Å². The third-order valence-corrected chi connectivity index (χ3v) is 4.64. The summed E-state index contributed by atoms with van der Waals surface area (Å²) in [5.41, 5.74) is 1.70. The molecule has 1 aliphatic heterocycles. The smallest absolute Gasteiger partial charge is 0.269 e. The van der Waals surface area contributed by atoms with E-state index in [0.29, 0.717) is 35.0 Å². The Hall–Kier alpha value is -4.00. The van der Waals surface area contributed by atoms with Crippen LogP contribution in [-0.2, 0) is 4.79 Å². The van der Waals surface area contributed by atoms with Crippen LogP contribution >= 0.6 is 0 Å². The maximum absolute atomic E-state index is 12.5. The highest BCUT2D eigenvalue weighted by Crippen LogP contribution is 2.31. The molecule has 0 saturated carbocycles. The van der Waals surface area contributed by atoms with Gasteiger partial charge in [-0.15, -0.1) is 0 Å². The van der Waals surface area contributed by atoms with Gasteiger partial charge in [-0.2, -0.15) is 0 Å². The fourth-order valence-electron chi connectivity index (χ4n) is 3.08. The Morgan fingerprint density at radius 2 is 1.55 bits per heavy atom. The van der Waals surface area contributed by atoms with Gasteiger partial charge in [0, 0.05) is 16.9 Å². The highest BCUT2D eigenvalue weighted by Gasteiger charge is 2.27. The van der Waals surface area contributed by atoms with E-state index in [-0.39, 0.29) is 18.4 Å². The molecule has 2 N–H and O–H groups in total. The van der Waals surface area contributed by atoms with Crippen LogP contribution in [0.4, 0.5) is 11.4 Å². The van der Waals surface area contributed by atoms with Crippen molar-refractivity contribution in [3.8, 4) is 17.2 Å². The molecular weight excluding hydrogens is 396 g/mol. The van der Waals surface area contributed by atoms with Gasteiger partial charge in [-0.05, 0) is 67.6 Å². The van der Waals surface area contributed by atoms with E-state index >= 15 is 0 Å². The van der Waals surface area contributed by atoms with Crippen LogP contribution in [0, 0.1) is 0 Å². The Balaban J connectivity index is 1.33. The van der Waals surface area contributed by atoms with Crippen LogP contribution in [0.3, 0.4) is 0 Å². The highest BCUT2D eigenvalue weighted by molar-refractivity contribution is 6.04. The zero-order chi connectivity index (χ0) is 21.6. The summed E-state index contributed by atoms with van der Waals surface area (Å²) in [6.07, 6.45) is -0.752. The summed E-state index contributed by atoms with van der Waals surface area (Å²) in [5.74, 6) is 1.34. The van der Waals surface area contributed by atoms with Crippen LogP contribution in [-0.4, -0.2) is 31.1 Å². The average molecular weight is 418 g/mol. The molecule has 4 rings (SSSR count). The van der Waals surface area contributed by atoms with Crippen LogP contribution in [0.2, 0.25) is 0 Å². The summed E-state index contributed by atoms with van der Waals surface area (Å²) in [7, 11) is 0. The highest BCUT2D eigenvalue weighted by atomic mass is 16.6. The lowest BCUT2D eigenvalue weighted by atomic mass is 10.1. The first-order valence-electron chi connectivity index (χ1n) is 9.96. The van der Waals surface area contributed by atoms with Crippen molar-refractivity contribution in [2.24, 2.45) is 0 Å². The molecule has 0 radical (unpaired) electrons. The van der Waals surface area contributed by atoms with E-state index in [2.05, 4.69) is 10.6 Å². The Bertz CT molecular complexity index is 1060. The first-order valence-corrected chi connectivity index (χ1v) is 9.96. The molecule has 0 unspecified atom stereocenters. The fraction of sp³-hybridized carbons (Fsp3) is 0.167. The summed E-state index contributed by atoms with van der Waals surface area (Å²) in [5, 5.41) is 5.62. The van der Waals surface area contributed by atoms with E-state index in [1.165, 1.54) is 0 Å². The average Bonchev–Trinajstić information content (AvgIpc) is 2.80. The zero-order valence-corrected chi connectivity index (χ0v) is 17.0. The topological polar surface area (TPSA) is 85.9 Å². The van der Waals surface area contributed by atoms with Crippen LogP contribution in [0.5, 0.6) is 17.2 Å². The van der Waals surface area contributed by atoms with Gasteiger partial charge in [0.25, 0.3) is 11.8 Å². The molecule has 1 aliphatic rings. The molecule has 0 aliphatic carbocycles. The van der Waals surface area contributed by atoms with E-state index in [4.69, 9.17) is 14.2 Å². The Morgan fingerprint density at radius 1 is 0.903 bits per heavy atom. The third kappa shape index (κ3) is 4.95. The van der Waals surface area contributed by atoms with E-state index in [0.717, 1.165) is 5.75 Å². The molecule has 3 aromatic carbocycles. The van der Waals surface area contributed by atoms with Gasteiger partial charge in [-0.1, -0.05) is 12.1 Å². The van der Waals surface area contributed by atoms with Crippen LogP contribution < -0.4 is 24.8 Å². The zero-order valence-electron chi connectivity index (χ0n) is 17.0. The van der Waals surface area contributed by atoms with Crippen molar-refractivity contribution in [3.63, 3.8) is 0 Å². The van der Waals surface area contributed by atoms with E-state index in [9.17, 15) is 9.59 Å². The van der Waals surface area contributed by atoms with Crippen molar-refractivity contribution in [3.05, 3.63) is 78.4 Å². The number of amides is 2. The molecule has 7 nitrogen and oxygen atoms in total. The second-order valence-corrected chi connectivity index (χ2v) is 6.84. The van der Waals surface area contributed by atoms with Crippen molar-refractivity contribution in [1.82, 2.24) is 0 Å². The predicted octanol–water partition coefficient (Wildman–Crippen LogP) is 4.12. The van der Waals surface area contributed by atoms with Gasteiger partial charge in [0.1, 0.15) is 12.4 Å². The molecule has 1 heterocycles. The molecule has 2 amide bonds. The molecular formula is C24H22N2O5. The maximum Gasteiger partial charge on any atom is 0.269 e. The maximum atomic E-state index is 12.5. The van der Waals surface area contributed by atoms with Crippen molar-refractivity contribution in [2.45, 2.75) is 13.0 Å². The van der Waals surface area contributed by atoms with Crippen LogP contribution in [0.1, 0.15) is 17.3 Å². The monoisotopic (exact) mass is 418 g/mol. The van der Waals surface area contributed by atoms with Gasteiger partial charge >= 0.3 is 0 Å². The van der Waals surface area contributed by atoms with Crippen molar-refractivity contribution in [2.75, 3.05) is 23.8 Å². The first-order chi connectivity index (χ1) is 15.1. The molecule has 3 aromatic rings. The Morgan fingerprint density at radius 3 is 2.26 bits per heavy atom. The van der Waals surface area contributed by atoms with Gasteiger partial charge in [0.05, 0.1) is 6.61 Å². The second-order valence-electron chi connectivity index (χ2n) is 6.84. The molecule has 0 aromatic heterocycles. The molecule has 7 heteroatoms. The normalized spacial score (nSPS) is 14.4. The number of nitrogens with one attached hydrogen (secondary N) is 2. The van der Waals surface area contributed by atoms with Crippen molar-refractivity contribution < 1.29 is 23.8 Å². The SMILES string of the molecule is CCOc1ccc(NC(=O)c2ccc(NC(=O)[C@@H]3COc4ccccc4O3)cc2)cc1. The number of ether oxygens (including phenoxy) is 3. The standard InChI is InChI=1S/C24H22N2O5/c1-2-29-19-13-11-18(12-14-19)25-23(27)16-7-9-17(10-8-16)26-24(28)22-15-30-20-5-3-4-6-21(20)31-22/h3-14,22H,2,15H2,1H3,(H,25,27)(H,26,28)/t22-/m0/s1. The van der Waals surface area contributed by atoms with Crippen LogP contribution in [0.15, 0.2) is 72.8 Å². The molecule has 0 bridgehead atoms. The number of hydrogen-bond acceptors (Lipinski definition) is 5. The minimum atomic E-state index is -0.752. The number of hydrogen-bond donors (Lipinski definition) is 2. The minimum absolute atomic E-state index is 0.130. The number of rotatable bonds is 6. The molecule has 158 valence electrons. The lowest BCUT2D eigenvalue weighted by Gasteiger charge is -2.25. The first kappa shape index (κ1) is 20.3. The third-order valence-electron chi connectivity index (χ3n) is 4.64. The number of carbonyl (C=O) groups is 2. The summed E-state index contributed by atoms with van der Waals surface area (Å²) >= 11 is 0. The van der Waals surface area contributed by atoms with E-state index in [1.807, 2.05) is 19.1 Å². The number of fused-ring (bicyclic) bond motifs is 1. The molecule has 0 fully saturated rings. The summed E-state index contributed by atoms with van der Waals surface area (Å²) < 4.78 is 16.7. The van der Waals surface area contributed by atoms with E-state index in [1.54, 1.807) is 60.7 Å². The van der Waals surface area contributed by atoms with Gasteiger partial charge in [0.2, 0.25) is 6.10 Å².